The third-order valence-corrected chi connectivity index (χ3v) is 3.71. The zero-order valence-corrected chi connectivity index (χ0v) is 14.0. The summed E-state index contributed by atoms with van der Waals surface area (Å²) in [5.41, 5.74) is 0.937. The van der Waals surface area contributed by atoms with Gasteiger partial charge in [-0.25, -0.2) is 0 Å². The van der Waals surface area contributed by atoms with Crippen LogP contribution in [0.25, 0.3) is 0 Å². The predicted molar refractivity (Wildman–Crippen MR) is 86.5 cm³/mol. The summed E-state index contributed by atoms with van der Waals surface area (Å²) in [4.78, 5) is 24.0. The Morgan fingerprint density at radius 1 is 1.17 bits per heavy atom. The fourth-order valence-electron chi connectivity index (χ4n) is 2.46. The van der Waals surface area contributed by atoms with E-state index in [1.165, 1.54) is 7.11 Å². The molecule has 6 nitrogen and oxygen atoms in total. The first-order chi connectivity index (χ1) is 10.7. The van der Waals surface area contributed by atoms with Gasteiger partial charge in [-0.15, -0.1) is 0 Å². The molecule has 0 heterocycles. The number of amides is 1. The summed E-state index contributed by atoms with van der Waals surface area (Å²) >= 11 is 0. The molecule has 0 aliphatic rings. The SMILES string of the molecule is COC(=O)C(C)CC(C)(C)C(=O)Nc1cc(CO)cc(CO)c1. The van der Waals surface area contributed by atoms with Gasteiger partial charge in [-0.1, -0.05) is 26.8 Å². The largest absolute Gasteiger partial charge is 0.469 e. The number of benzene rings is 1. The fourth-order valence-corrected chi connectivity index (χ4v) is 2.46. The van der Waals surface area contributed by atoms with Crippen LogP contribution in [0.4, 0.5) is 5.69 Å². The second-order valence-corrected chi connectivity index (χ2v) is 6.32. The first-order valence-corrected chi connectivity index (χ1v) is 7.47. The third-order valence-electron chi connectivity index (χ3n) is 3.71. The van der Waals surface area contributed by atoms with Crippen molar-refractivity contribution < 1.29 is 24.5 Å². The quantitative estimate of drug-likeness (QED) is 0.665. The molecule has 0 radical (unpaired) electrons. The van der Waals surface area contributed by atoms with Gasteiger partial charge in [0.1, 0.15) is 0 Å². The van der Waals surface area contributed by atoms with Crippen molar-refractivity contribution in [2.75, 3.05) is 12.4 Å². The van der Waals surface area contributed by atoms with Crippen LogP contribution in [0.1, 0.15) is 38.3 Å². The number of anilines is 1. The predicted octanol–water partition coefficient (Wildman–Crippen LogP) is 1.84. The van der Waals surface area contributed by atoms with Gasteiger partial charge in [0.2, 0.25) is 5.91 Å². The van der Waals surface area contributed by atoms with E-state index < -0.39 is 11.3 Å². The van der Waals surface area contributed by atoms with Gasteiger partial charge in [0.15, 0.2) is 0 Å². The van der Waals surface area contributed by atoms with Crippen LogP contribution >= 0.6 is 0 Å². The number of rotatable bonds is 7. The Bertz CT molecular complexity index is 546. The van der Waals surface area contributed by atoms with Crippen LogP contribution in [0.15, 0.2) is 18.2 Å². The molecule has 0 spiro atoms. The van der Waals surface area contributed by atoms with Crippen molar-refractivity contribution in [2.45, 2.75) is 40.4 Å². The molecule has 0 aromatic heterocycles. The van der Waals surface area contributed by atoms with E-state index in [1.807, 2.05) is 0 Å². The molecule has 1 unspecified atom stereocenters. The maximum atomic E-state index is 12.5. The summed E-state index contributed by atoms with van der Waals surface area (Å²) in [5.74, 6) is -0.986. The molecule has 128 valence electrons. The van der Waals surface area contributed by atoms with E-state index in [-0.39, 0.29) is 25.1 Å². The van der Waals surface area contributed by atoms with Gasteiger partial charge in [-0.05, 0) is 29.7 Å². The van der Waals surface area contributed by atoms with Crippen LogP contribution in [-0.2, 0) is 27.5 Å². The highest BCUT2D eigenvalue weighted by atomic mass is 16.5. The maximum Gasteiger partial charge on any atom is 0.308 e. The summed E-state index contributed by atoms with van der Waals surface area (Å²) in [5, 5.41) is 21.3. The van der Waals surface area contributed by atoms with Crippen molar-refractivity contribution in [3.8, 4) is 0 Å². The number of methoxy groups -OCH3 is 1. The summed E-state index contributed by atoms with van der Waals surface area (Å²) in [7, 11) is 1.32. The molecule has 1 aromatic carbocycles. The van der Waals surface area contributed by atoms with Crippen LogP contribution in [0.3, 0.4) is 0 Å². The zero-order valence-electron chi connectivity index (χ0n) is 14.0. The highest BCUT2D eigenvalue weighted by Crippen LogP contribution is 2.28. The Balaban J connectivity index is 2.87. The Kier molecular flexibility index (Phi) is 6.72. The number of hydrogen-bond acceptors (Lipinski definition) is 5. The van der Waals surface area contributed by atoms with Gasteiger partial charge in [0.25, 0.3) is 0 Å². The lowest BCUT2D eigenvalue weighted by Gasteiger charge is -2.26. The van der Waals surface area contributed by atoms with E-state index in [9.17, 15) is 19.8 Å². The van der Waals surface area contributed by atoms with Crippen molar-refractivity contribution in [1.82, 2.24) is 0 Å². The topological polar surface area (TPSA) is 95.9 Å². The molecule has 0 aliphatic heterocycles. The second kappa shape index (κ2) is 8.08. The van der Waals surface area contributed by atoms with E-state index in [1.54, 1.807) is 39.0 Å². The van der Waals surface area contributed by atoms with E-state index in [2.05, 4.69) is 5.32 Å². The van der Waals surface area contributed by atoms with Gasteiger partial charge in [-0.3, -0.25) is 9.59 Å². The summed E-state index contributed by atoms with van der Waals surface area (Å²) in [6, 6.07) is 4.97. The van der Waals surface area contributed by atoms with Crippen molar-refractivity contribution in [3.05, 3.63) is 29.3 Å². The lowest BCUT2D eigenvalue weighted by atomic mass is 9.82. The summed E-state index contributed by atoms with van der Waals surface area (Å²) in [6.07, 6.45) is 0.345. The molecule has 0 bridgehead atoms. The average Bonchev–Trinajstić information content (AvgIpc) is 2.52. The maximum absolute atomic E-state index is 12.5. The van der Waals surface area contributed by atoms with Gasteiger partial charge in [0.05, 0.1) is 26.2 Å². The van der Waals surface area contributed by atoms with Crippen molar-refractivity contribution >= 4 is 17.6 Å². The van der Waals surface area contributed by atoms with E-state index >= 15 is 0 Å². The molecule has 0 aliphatic carbocycles. The lowest BCUT2D eigenvalue weighted by molar-refractivity contribution is -0.146. The number of hydrogen-bond donors (Lipinski definition) is 3. The number of aliphatic hydroxyl groups excluding tert-OH is 2. The second-order valence-electron chi connectivity index (χ2n) is 6.32. The smallest absolute Gasteiger partial charge is 0.308 e. The molecular formula is C17H25NO5. The Morgan fingerprint density at radius 3 is 2.13 bits per heavy atom. The van der Waals surface area contributed by atoms with Gasteiger partial charge < -0.3 is 20.3 Å². The number of aliphatic hydroxyl groups is 2. The van der Waals surface area contributed by atoms with Gasteiger partial charge in [-0.2, -0.15) is 0 Å². The molecule has 3 N–H and O–H groups in total. The number of ether oxygens (including phenoxy) is 1. The molecule has 1 amide bonds. The minimum absolute atomic E-state index is 0.181. The standard InChI is InChI=1S/C17H25NO5/c1-11(15(21)23-4)8-17(2,3)16(22)18-14-6-12(9-19)5-13(7-14)10-20/h5-7,11,19-20H,8-10H2,1-4H3,(H,18,22). The van der Waals surface area contributed by atoms with E-state index in [0.29, 0.717) is 23.2 Å². The average molecular weight is 323 g/mol. The number of nitrogens with one attached hydrogen (secondary N) is 1. The molecular weight excluding hydrogens is 298 g/mol. The molecule has 1 rings (SSSR count). The van der Waals surface area contributed by atoms with Crippen molar-refractivity contribution in [3.63, 3.8) is 0 Å². The molecule has 1 aromatic rings. The third kappa shape index (κ3) is 5.33. The Morgan fingerprint density at radius 2 is 1.70 bits per heavy atom. The first kappa shape index (κ1) is 19.1. The highest BCUT2D eigenvalue weighted by Gasteiger charge is 2.32. The normalized spacial score (nSPS) is 12.6. The van der Waals surface area contributed by atoms with E-state index in [4.69, 9.17) is 4.74 Å². The molecule has 0 saturated heterocycles. The first-order valence-electron chi connectivity index (χ1n) is 7.47. The van der Waals surface area contributed by atoms with Crippen LogP contribution in [0, 0.1) is 11.3 Å². The Labute approximate surface area is 136 Å². The minimum atomic E-state index is -0.776. The molecule has 6 heteroatoms. The zero-order chi connectivity index (χ0) is 17.6. The van der Waals surface area contributed by atoms with Crippen LogP contribution < -0.4 is 5.32 Å². The molecule has 0 fully saturated rings. The Hall–Kier alpha value is -1.92. The molecule has 23 heavy (non-hydrogen) atoms. The van der Waals surface area contributed by atoms with Gasteiger partial charge >= 0.3 is 5.97 Å². The molecule has 1 atom stereocenters. The summed E-state index contributed by atoms with van der Waals surface area (Å²) < 4.78 is 4.69. The van der Waals surface area contributed by atoms with Crippen molar-refractivity contribution in [2.24, 2.45) is 11.3 Å². The van der Waals surface area contributed by atoms with Crippen LogP contribution in [-0.4, -0.2) is 29.2 Å². The number of carbonyl (C=O) groups excluding carboxylic acids is 2. The van der Waals surface area contributed by atoms with E-state index in [0.717, 1.165) is 0 Å². The lowest BCUT2D eigenvalue weighted by Crippen LogP contribution is -2.34. The van der Waals surface area contributed by atoms with Crippen LogP contribution in [0.2, 0.25) is 0 Å². The van der Waals surface area contributed by atoms with Gasteiger partial charge in [0, 0.05) is 11.1 Å². The molecule has 0 saturated carbocycles. The summed E-state index contributed by atoms with van der Waals surface area (Å²) in [6.45, 7) is 4.87. The van der Waals surface area contributed by atoms with Crippen molar-refractivity contribution in [1.29, 1.82) is 0 Å². The van der Waals surface area contributed by atoms with Crippen LogP contribution in [0.5, 0.6) is 0 Å². The highest BCUT2D eigenvalue weighted by molar-refractivity contribution is 5.95. The minimum Gasteiger partial charge on any atom is -0.469 e. The number of esters is 1. The number of carbonyl (C=O) groups is 2. The fraction of sp³-hybridized carbons (Fsp3) is 0.529. The monoisotopic (exact) mass is 323 g/mol.